The average molecular weight is 252 g/mol. The van der Waals surface area contributed by atoms with Gasteiger partial charge in [-0.2, -0.15) is 5.10 Å². The molecule has 0 aliphatic rings. The van der Waals surface area contributed by atoms with Gasteiger partial charge in [-0.3, -0.25) is 4.79 Å². The second-order valence-corrected chi connectivity index (χ2v) is 4.31. The van der Waals surface area contributed by atoms with Gasteiger partial charge in [0.15, 0.2) is 5.65 Å². The molecular weight excluding hydrogens is 240 g/mol. The van der Waals surface area contributed by atoms with Gasteiger partial charge in [-0.25, -0.2) is 9.50 Å². The van der Waals surface area contributed by atoms with Crippen molar-refractivity contribution in [2.45, 2.75) is 6.42 Å². The topological polar surface area (TPSA) is 73.3 Å². The van der Waals surface area contributed by atoms with Crippen LogP contribution in [0.5, 0.6) is 0 Å². The molecule has 94 valence electrons. The summed E-state index contributed by atoms with van der Waals surface area (Å²) in [5.41, 5.74) is 8.35. The van der Waals surface area contributed by atoms with Crippen LogP contribution in [0.3, 0.4) is 0 Å². The first-order chi connectivity index (χ1) is 9.22. The average Bonchev–Trinajstić information content (AvgIpc) is 2.80. The molecule has 0 bridgehead atoms. The zero-order chi connectivity index (χ0) is 13.2. The number of nitrogens with zero attached hydrogens (tertiary/aromatic N) is 3. The van der Waals surface area contributed by atoms with Crippen LogP contribution in [0.25, 0.3) is 5.65 Å². The van der Waals surface area contributed by atoms with Gasteiger partial charge in [0.2, 0.25) is 0 Å². The van der Waals surface area contributed by atoms with Crippen LogP contribution in [0.4, 0.5) is 0 Å². The number of benzene rings is 1. The highest BCUT2D eigenvalue weighted by molar-refractivity contribution is 5.92. The molecule has 0 aliphatic carbocycles. The zero-order valence-electron chi connectivity index (χ0n) is 10.2. The first-order valence-corrected chi connectivity index (χ1v) is 5.90. The van der Waals surface area contributed by atoms with Crippen molar-refractivity contribution < 1.29 is 4.79 Å². The number of rotatable bonds is 3. The molecule has 0 saturated carbocycles. The van der Waals surface area contributed by atoms with E-state index in [-0.39, 0.29) is 0 Å². The van der Waals surface area contributed by atoms with Gasteiger partial charge < -0.3 is 5.73 Å². The molecule has 5 heteroatoms. The van der Waals surface area contributed by atoms with E-state index in [4.69, 9.17) is 5.73 Å². The predicted octanol–water partition coefficient (Wildman–Crippen LogP) is 1.42. The minimum Gasteiger partial charge on any atom is -0.366 e. The Morgan fingerprint density at radius 2 is 2.05 bits per heavy atom. The van der Waals surface area contributed by atoms with E-state index in [2.05, 4.69) is 10.1 Å². The maximum absolute atomic E-state index is 11.1. The predicted molar refractivity (Wildman–Crippen MR) is 70.8 cm³/mol. The van der Waals surface area contributed by atoms with Crippen LogP contribution in [0.2, 0.25) is 0 Å². The van der Waals surface area contributed by atoms with Crippen molar-refractivity contribution >= 4 is 11.6 Å². The molecule has 2 N–H and O–H groups in total. The monoisotopic (exact) mass is 252 g/mol. The molecule has 5 nitrogen and oxygen atoms in total. The van der Waals surface area contributed by atoms with Crippen LogP contribution in [0.15, 0.2) is 48.8 Å². The minimum absolute atomic E-state index is 0.349. The SMILES string of the molecule is NC(=O)c1cnc2cc(Cc3ccccc3)nn2c1. The van der Waals surface area contributed by atoms with E-state index in [0.717, 1.165) is 12.1 Å². The van der Waals surface area contributed by atoms with E-state index in [0.29, 0.717) is 11.2 Å². The third-order valence-electron chi connectivity index (χ3n) is 2.88. The molecule has 0 saturated heterocycles. The highest BCUT2D eigenvalue weighted by atomic mass is 16.1. The molecule has 0 radical (unpaired) electrons. The van der Waals surface area contributed by atoms with E-state index < -0.39 is 5.91 Å². The smallest absolute Gasteiger partial charge is 0.251 e. The molecule has 1 amide bonds. The van der Waals surface area contributed by atoms with Crippen LogP contribution in [-0.2, 0) is 6.42 Å². The van der Waals surface area contributed by atoms with Crippen LogP contribution in [0.1, 0.15) is 21.6 Å². The summed E-state index contributed by atoms with van der Waals surface area (Å²) < 4.78 is 1.58. The largest absolute Gasteiger partial charge is 0.366 e. The summed E-state index contributed by atoms with van der Waals surface area (Å²) >= 11 is 0. The van der Waals surface area contributed by atoms with Crippen LogP contribution in [-0.4, -0.2) is 20.5 Å². The summed E-state index contributed by atoms with van der Waals surface area (Å²) in [7, 11) is 0. The summed E-state index contributed by atoms with van der Waals surface area (Å²) in [4.78, 5) is 15.2. The number of amides is 1. The lowest BCUT2D eigenvalue weighted by atomic mass is 10.1. The van der Waals surface area contributed by atoms with Crippen LogP contribution in [0, 0.1) is 0 Å². The number of carbonyl (C=O) groups excluding carboxylic acids is 1. The third-order valence-corrected chi connectivity index (χ3v) is 2.88. The second-order valence-electron chi connectivity index (χ2n) is 4.31. The first kappa shape index (κ1) is 11.4. The van der Waals surface area contributed by atoms with E-state index in [1.165, 1.54) is 11.8 Å². The molecule has 2 aromatic heterocycles. The fourth-order valence-electron chi connectivity index (χ4n) is 1.94. The van der Waals surface area contributed by atoms with Crippen molar-refractivity contribution in [2.75, 3.05) is 0 Å². The molecule has 19 heavy (non-hydrogen) atoms. The van der Waals surface area contributed by atoms with Gasteiger partial charge in [0, 0.05) is 24.9 Å². The molecule has 0 fully saturated rings. The van der Waals surface area contributed by atoms with Crippen molar-refractivity contribution in [2.24, 2.45) is 5.73 Å². The lowest BCUT2D eigenvalue weighted by Crippen LogP contribution is -2.12. The molecule has 3 aromatic rings. The Balaban J connectivity index is 1.95. The first-order valence-electron chi connectivity index (χ1n) is 5.90. The Kier molecular flexibility index (Phi) is 2.72. The quantitative estimate of drug-likeness (QED) is 0.766. The number of aromatic nitrogens is 3. The minimum atomic E-state index is -0.505. The van der Waals surface area contributed by atoms with Crippen molar-refractivity contribution in [3.8, 4) is 0 Å². The van der Waals surface area contributed by atoms with Crippen LogP contribution >= 0.6 is 0 Å². The van der Waals surface area contributed by atoms with E-state index in [1.54, 1.807) is 10.7 Å². The van der Waals surface area contributed by atoms with E-state index >= 15 is 0 Å². The van der Waals surface area contributed by atoms with E-state index in [1.807, 2.05) is 36.4 Å². The summed E-state index contributed by atoms with van der Waals surface area (Å²) in [6, 6.07) is 12.0. The number of hydrogen-bond acceptors (Lipinski definition) is 3. The Bertz CT molecular complexity index is 734. The lowest BCUT2D eigenvalue weighted by molar-refractivity contribution is 0.0999. The fourth-order valence-corrected chi connectivity index (χ4v) is 1.94. The third kappa shape index (κ3) is 2.30. The normalized spacial score (nSPS) is 10.7. The molecule has 2 heterocycles. The number of fused-ring (bicyclic) bond motifs is 1. The number of primary amides is 1. The zero-order valence-corrected chi connectivity index (χ0v) is 10.2. The number of nitrogens with two attached hydrogens (primary N) is 1. The fraction of sp³-hybridized carbons (Fsp3) is 0.0714. The standard InChI is InChI=1S/C14H12N4O/c15-14(19)11-8-16-13-7-12(17-18(13)9-11)6-10-4-2-1-3-5-10/h1-5,7-9H,6H2,(H2,15,19). The van der Waals surface area contributed by atoms with Crippen LogP contribution < -0.4 is 5.73 Å². The molecule has 1 aromatic carbocycles. The number of carbonyl (C=O) groups is 1. The lowest BCUT2D eigenvalue weighted by Gasteiger charge is -1.96. The molecule has 0 spiro atoms. The maximum atomic E-state index is 11.1. The molecule has 0 unspecified atom stereocenters. The highest BCUT2D eigenvalue weighted by Crippen LogP contribution is 2.10. The summed E-state index contributed by atoms with van der Waals surface area (Å²) in [6.07, 6.45) is 3.79. The molecule has 3 rings (SSSR count). The van der Waals surface area contributed by atoms with Crippen molar-refractivity contribution in [1.82, 2.24) is 14.6 Å². The summed E-state index contributed by atoms with van der Waals surface area (Å²) in [5, 5.41) is 4.40. The van der Waals surface area contributed by atoms with Gasteiger partial charge >= 0.3 is 0 Å². The van der Waals surface area contributed by atoms with Crippen molar-refractivity contribution in [3.63, 3.8) is 0 Å². The molecule has 0 atom stereocenters. The molecular formula is C14H12N4O. The van der Waals surface area contributed by atoms with Gasteiger partial charge in [-0.1, -0.05) is 30.3 Å². The van der Waals surface area contributed by atoms with Gasteiger partial charge in [0.1, 0.15) is 0 Å². The van der Waals surface area contributed by atoms with Gasteiger partial charge in [-0.05, 0) is 5.56 Å². The summed E-state index contributed by atoms with van der Waals surface area (Å²) in [6.45, 7) is 0. The van der Waals surface area contributed by atoms with E-state index in [9.17, 15) is 4.79 Å². The maximum Gasteiger partial charge on any atom is 0.251 e. The Morgan fingerprint density at radius 3 is 2.79 bits per heavy atom. The second kappa shape index (κ2) is 4.53. The molecule has 0 aliphatic heterocycles. The Labute approximate surface area is 109 Å². The van der Waals surface area contributed by atoms with Gasteiger partial charge in [-0.15, -0.1) is 0 Å². The van der Waals surface area contributed by atoms with Crippen molar-refractivity contribution in [3.05, 3.63) is 65.6 Å². The highest BCUT2D eigenvalue weighted by Gasteiger charge is 2.07. The number of hydrogen-bond donors (Lipinski definition) is 1. The summed E-state index contributed by atoms with van der Waals surface area (Å²) in [5.74, 6) is -0.505. The Morgan fingerprint density at radius 1 is 1.26 bits per heavy atom. The van der Waals surface area contributed by atoms with Gasteiger partial charge in [0.25, 0.3) is 5.91 Å². The Hall–Kier alpha value is -2.69. The van der Waals surface area contributed by atoms with Crippen molar-refractivity contribution in [1.29, 1.82) is 0 Å². The van der Waals surface area contributed by atoms with Gasteiger partial charge in [0.05, 0.1) is 11.3 Å².